The number of ketones is 1. The van der Waals surface area contributed by atoms with Crippen molar-refractivity contribution in [2.45, 2.75) is 25.4 Å². The summed E-state index contributed by atoms with van der Waals surface area (Å²) in [7, 11) is 0. The van der Waals surface area contributed by atoms with Crippen LogP contribution < -0.4 is 0 Å². The number of aromatic hydroxyl groups is 2. The molecule has 2 rings (SSSR count). The maximum atomic E-state index is 11.9. The van der Waals surface area contributed by atoms with Gasteiger partial charge in [-0.15, -0.1) is 0 Å². The second-order valence-electron chi connectivity index (χ2n) is 5.11. The number of rotatable bonds is 6. The molecule has 0 amide bonds. The van der Waals surface area contributed by atoms with Crippen molar-refractivity contribution in [1.82, 2.24) is 0 Å². The number of phenolic OH excluding ortho intramolecular Hbond substituents is 2. The highest BCUT2D eigenvalue weighted by molar-refractivity contribution is 5.81. The molecule has 0 saturated carbocycles. The van der Waals surface area contributed by atoms with E-state index >= 15 is 0 Å². The third-order valence-corrected chi connectivity index (χ3v) is 3.21. The Balaban J connectivity index is 1.84. The number of hydrogen-bond acceptors (Lipinski definition) is 4. The molecule has 3 N–H and O–H groups in total. The van der Waals surface area contributed by atoms with E-state index in [1.165, 1.54) is 12.1 Å². The van der Waals surface area contributed by atoms with Crippen LogP contribution in [0.15, 0.2) is 48.5 Å². The van der Waals surface area contributed by atoms with Crippen molar-refractivity contribution in [3.63, 3.8) is 0 Å². The molecule has 1 unspecified atom stereocenters. The average molecular weight is 286 g/mol. The molecule has 4 nitrogen and oxygen atoms in total. The molecular formula is C17H18O4. The number of carbonyl (C=O) groups is 1. The molecule has 2 aromatic carbocycles. The zero-order chi connectivity index (χ0) is 15.2. The fraction of sp³-hybridized carbons (Fsp3) is 0.235. The van der Waals surface area contributed by atoms with Crippen LogP contribution in [0.4, 0.5) is 0 Å². The number of carbonyl (C=O) groups excluding carboxylic acids is 1. The zero-order valence-corrected chi connectivity index (χ0v) is 11.6. The van der Waals surface area contributed by atoms with Gasteiger partial charge in [0.1, 0.15) is 17.3 Å². The topological polar surface area (TPSA) is 77.8 Å². The van der Waals surface area contributed by atoms with Crippen LogP contribution in [0.1, 0.15) is 17.5 Å². The lowest BCUT2D eigenvalue weighted by molar-refractivity contribution is -0.120. The molecule has 110 valence electrons. The van der Waals surface area contributed by atoms with Gasteiger partial charge in [0.25, 0.3) is 0 Å². The van der Waals surface area contributed by atoms with Crippen LogP contribution in [0, 0.1) is 0 Å². The minimum absolute atomic E-state index is 0.0491. The van der Waals surface area contributed by atoms with Crippen LogP contribution in [0.2, 0.25) is 0 Å². The smallest absolute Gasteiger partial charge is 0.139 e. The molecule has 0 radical (unpaired) electrons. The van der Waals surface area contributed by atoms with Crippen LogP contribution in [-0.4, -0.2) is 27.2 Å². The molecule has 0 spiro atoms. The predicted molar refractivity (Wildman–Crippen MR) is 79.3 cm³/mol. The first-order valence-corrected chi connectivity index (χ1v) is 6.78. The van der Waals surface area contributed by atoms with E-state index in [0.717, 1.165) is 11.1 Å². The Hall–Kier alpha value is -2.33. The summed E-state index contributed by atoms with van der Waals surface area (Å²) in [6.07, 6.45) is -0.0323. The quantitative estimate of drug-likeness (QED) is 0.761. The minimum atomic E-state index is -0.737. The molecule has 21 heavy (non-hydrogen) atoms. The monoisotopic (exact) mass is 286 g/mol. The third-order valence-electron chi connectivity index (χ3n) is 3.21. The summed E-state index contributed by atoms with van der Waals surface area (Å²) in [5.41, 5.74) is 1.69. The second-order valence-corrected chi connectivity index (χ2v) is 5.11. The highest BCUT2D eigenvalue weighted by Crippen LogP contribution is 2.14. The first kappa shape index (κ1) is 15.1. The summed E-state index contributed by atoms with van der Waals surface area (Å²) >= 11 is 0. The number of phenols is 2. The van der Waals surface area contributed by atoms with Crippen molar-refractivity contribution in [1.29, 1.82) is 0 Å². The van der Waals surface area contributed by atoms with Gasteiger partial charge in [-0.3, -0.25) is 4.79 Å². The molecule has 0 fully saturated rings. The molecule has 0 heterocycles. The van der Waals surface area contributed by atoms with E-state index in [0.29, 0.717) is 6.42 Å². The van der Waals surface area contributed by atoms with E-state index < -0.39 is 6.10 Å². The molecule has 4 heteroatoms. The van der Waals surface area contributed by atoms with E-state index in [1.54, 1.807) is 36.4 Å². The second kappa shape index (κ2) is 6.90. The lowest BCUT2D eigenvalue weighted by Crippen LogP contribution is -2.17. The predicted octanol–water partition coefficient (Wildman–Crippen LogP) is 2.20. The first-order valence-electron chi connectivity index (χ1n) is 6.78. The SMILES string of the molecule is O=C(Cc1ccc(O)cc1)CC(O)Cc1ccc(O)cc1. The van der Waals surface area contributed by atoms with Gasteiger partial charge in [-0.25, -0.2) is 0 Å². The lowest BCUT2D eigenvalue weighted by Gasteiger charge is -2.10. The Morgan fingerprint density at radius 3 is 1.86 bits per heavy atom. The van der Waals surface area contributed by atoms with Crippen molar-refractivity contribution < 1.29 is 20.1 Å². The molecule has 0 bridgehead atoms. The summed E-state index contributed by atoms with van der Waals surface area (Å²) < 4.78 is 0. The molecule has 1 atom stereocenters. The Morgan fingerprint density at radius 1 is 0.857 bits per heavy atom. The van der Waals surface area contributed by atoms with Gasteiger partial charge in [0.2, 0.25) is 0 Å². The summed E-state index contributed by atoms with van der Waals surface area (Å²) in [6, 6.07) is 13.0. The fourth-order valence-electron chi connectivity index (χ4n) is 2.15. The molecule has 0 aliphatic heterocycles. The van der Waals surface area contributed by atoms with Crippen LogP contribution in [0.3, 0.4) is 0 Å². The number of hydrogen-bond donors (Lipinski definition) is 3. The summed E-state index contributed by atoms with van der Waals surface area (Å²) in [4.78, 5) is 11.9. The summed E-state index contributed by atoms with van der Waals surface area (Å²) in [5, 5.41) is 28.3. The van der Waals surface area contributed by atoms with Crippen LogP contribution in [-0.2, 0) is 17.6 Å². The highest BCUT2D eigenvalue weighted by atomic mass is 16.3. The molecule has 2 aromatic rings. The molecule has 0 saturated heterocycles. The maximum absolute atomic E-state index is 11.9. The standard InChI is InChI=1S/C17H18O4/c18-14-5-1-12(2-6-14)9-16(20)11-17(21)10-13-3-7-15(19)8-4-13/h1-8,16,18-20H,9-11H2. The van der Waals surface area contributed by atoms with Crippen molar-refractivity contribution in [2.24, 2.45) is 0 Å². The number of Topliss-reactive ketones (excluding diaryl/α,β-unsaturated/α-hetero) is 1. The van der Waals surface area contributed by atoms with Crippen LogP contribution in [0.25, 0.3) is 0 Å². The number of aliphatic hydroxyl groups is 1. The van der Waals surface area contributed by atoms with Crippen LogP contribution >= 0.6 is 0 Å². The number of benzene rings is 2. The zero-order valence-electron chi connectivity index (χ0n) is 11.6. The van der Waals surface area contributed by atoms with Crippen LogP contribution in [0.5, 0.6) is 11.5 Å². The summed E-state index contributed by atoms with van der Waals surface area (Å²) in [6.45, 7) is 0. The average Bonchev–Trinajstić information content (AvgIpc) is 2.44. The largest absolute Gasteiger partial charge is 0.508 e. The molecular weight excluding hydrogens is 268 g/mol. The van der Waals surface area contributed by atoms with E-state index in [-0.39, 0.29) is 30.1 Å². The van der Waals surface area contributed by atoms with Crippen molar-refractivity contribution >= 4 is 5.78 Å². The van der Waals surface area contributed by atoms with Crippen molar-refractivity contribution in [2.75, 3.05) is 0 Å². The van der Waals surface area contributed by atoms with E-state index in [9.17, 15) is 20.1 Å². The van der Waals surface area contributed by atoms with E-state index in [1.807, 2.05) is 0 Å². The maximum Gasteiger partial charge on any atom is 0.139 e. The van der Waals surface area contributed by atoms with Gasteiger partial charge in [-0.1, -0.05) is 24.3 Å². The molecule has 0 aliphatic rings. The Labute approximate surface area is 123 Å². The van der Waals surface area contributed by atoms with Gasteiger partial charge in [-0.05, 0) is 41.8 Å². The Morgan fingerprint density at radius 2 is 1.33 bits per heavy atom. The highest BCUT2D eigenvalue weighted by Gasteiger charge is 2.12. The van der Waals surface area contributed by atoms with E-state index in [2.05, 4.69) is 0 Å². The Bertz CT molecular complexity index is 587. The van der Waals surface area contributed by atoms with Gasteiger partial charge in [-0.2, -0.15) is 0 Å². The number of aliphatic hydroxyl groups excluding tert-OH is 1. The van der Waals surface area contributed by atoms with E-state index in [4.69, 9.17) is 0 Å². The van der Waals surface area contributed by atoms with Gasteiger partial charge >= 0.3 is 0 Å². The lowest BCUT2D eigenvalue weighted by atomic mass is 10.00. The fourth-order valence-corrected chi connectivity index (χ4v) is 2.15. The first-order chi connectivity index (χ1) is 10.0. The minimum Gasteiger partial charge on any atom is -0.508 e. The normalized spacial score (nSPS) is 12.0. The third kappa shape index (κ3) is 4.93. The molecule has 0 aliphatic carbocycles. The van der Waals surface area contributed by atoms with Crippen molar-refractivity contribution in [3.05, 3.63) is 59.7 Å². The van der Waals surface area contributed by atoms with Gasteiger partial charge in [0, 0.05) is 12.8 Å². The van der Waals surface area contributed by atoms with Gasteiger partial charge < -0.3 is 15.3 Å². The summed E-state index contributed by atoms with van der Waals surface area (Å²) in [5.74, 6) is 0.294. The van der Waals surface area contributed by atoms with Gasteiger partial charge in [0.15, 0.2) is 0 Å². The molecule has 0 aromatic heterocycles. The van der Waals surface area contributed by atoms with Gasteiger partial charge in [0.05, 0.1) is 6.10 Å². The van der Waals surface area contributed by atoms with Crippen molar-refractivity contribution in [3.8, 4) is 11.5 Å². The Kier molecular flexibility index (Phi) is 4.95.